The van der Waals surface area contributed by atoms with Crippen LogP contribution >= 0.6 is 0 Å². The van der Waals surface area contributed by atoms with Gasteiger partial charge in [-0.15, -0.1) is 0 Å². The first kappa shape index (κ1) is 21.1. The number of anilines is 1. The lowest BCUT2D eigenvalue weighted by Gasteiger charge is -2.08. The SMILES string of the molecule is CCC(=O)Nc1ccc2oc(C)c(CCN(C)C)c2n1.O=C(O)C(=O)O. The molecule has 2 heterocycles. The van der Waals surface area contributed by atoms with Crippen LogP contribution in [0.1, 0.15) is 24.7 Å². The first-order valence-electron chi connectivity index (χ1n) is 7.95. The molecular weight excluding hydrogens is 342 g/mol. The lowest BCUT2D eigenvalue weighted by molar-refractivity contribution is -0.159. The van der Waals surface area contributed by atoms with E-state index in [4.69, 9.17) is 24.2 Å². The van der Waals surface area contributed by atoms with Crippen molar-refractivity contribution in [2.75, 3.05) is 26.0 Å². The van der Waals surface area contributed by atoms with E-state index in [-0.39, 0.29) is 5.91 Å². The monoisotopic (exact) mass is 365 g/mol. The highest BCUT2D eigenvalue weighted by atomic mass is 16.4. The second-order valence-corrected chi connectivity index (χ2v) is 5.75. The highest BCUT2D eigenvalue weighted by Crippen LogP contribution is 2.25. The van der Waals surface area contributed by atoms with Crippen molar-refractivity contribution in [3.63, 3.8) is 0 Å². The molecule has 2 rings (SSSR count). The van der Waals surface area contributed by atoms with Crippen LogP contribution in [0.15, 0.2) is 16.5 Å². The van der Waals surface area contributed by atoms with Crippen LogP contribution in [-0.2, 0) is 20.8 Å². The van der Waals surface area contributed by atoms with Crippen molar-refractivity contribution < 1.29 is 29.0 Å². The average Bonchev–Trinajstić information content (AvgIpc) is 2.88. The minimum absolute atomic E-state index is 0.0353. The highest BCUT2D eigenvalue weighted by molar-refractivity contribution is 6.27. The van der Waals surface area contributed by atoms with Crippen LogP contribution in [0.2, 0.25) is 0 Å². The van der Waals surface area contributed by atoms with Gasteiger partial charge < -0.3 is 24.8 Å². The number of likely N-dealkylation sites (N-methyl/N-ethyl adjacent to an activating group) is 1. The minimum atomic E-state index is -1.82. The lowest BCUT2D eigenvalue weighted by atomic mass is 10.1. The molecule has 0 saturated heterocycles. The van der Waals surface area contributed by atoms with E-state index in [1.54, 1.807) is 6.07 Å². The number of hydrogen-bond donors (Lipinski definition) is 3. The molecule has 0 unspecified atom stereocenters. The molecule has 2 aromatic rings. The fraction of sp³-hybridized carbons (Fsp3) is 0.412. The zero-order chi connectivity index (χ0) is 19.9. The minimum Gasteiger partial charge on any atom is -0.473 e. The van der Waals surface area contributed by atoms with E-state index in [0.29, 0.717) is 12.2 Å². The van der Waals surface area contributed by atoms with E-state index >= 15 is 0 Å². The predicted octanol–water partition coefficient (Wildman–Crippen LogP) is 1.74. The molecule has 1 amide bonds. The number of carbonyl (C=O) groups excluding carboxylic acids is 1. The Kier molecular flexibility index (Phi) is 7.73. The topological polar surface area (TPSA) is 133 Å². The van der Waals surface area contributed by atoms with Gasteiger partial charge in [0.05, 0.1) is 0 Å². The van der Waals surface area contributed by atoms with E-state index in [9.17, 15) is 4.79 Å². The number of hydrogen-bond acceptors (Lipinski definition) is 6. The molecule has 9 nitrogen and oxygen atoms in total. The number of pyridine rings is 1. The van der Waals surface area contributed by atoms with Gasteiger partial charge in [0.15, 0.2) is 5.58 Å². The van der Waals surface area contributed by atoms with Gasteiger partial charge in [0.2, 0.25) is 5.91 Å². The Balaban J connectivity index is 0.000000487. The fourth-order valence-electron chi connectivity index (χ4n) is 2.07. The van der Waals surface area contributed by atoms with Crippen molar-refractivity contribution in [1.82, 2.24) is 9.88 Å². The van der Waals surface area contributed by atoms with Crippen LogP contribution < -0.4 is 5.32 Å². The summed E-state index contributed by atoms with van der Waals surface area (Å²) in [6, 6.07) is 3.63. The first-order valence-corrected chi connectivity index (χ1v) is 7.95. The van der Waals surface area contributed by atoms with E-state index in [2.05, 4.69) is 15.2 Å². The summed E-state index contributed by atoms with van der Waals surface area (Å²) in [6.07, 6.45) is 1.32. The molecule has 142 valence electrons. The van der Waals surface area contributed by atoms with E-state index in [1.165, 1.54) is 0 Å². The van der Waals surface area contributed by atoms with Gasteiger partial charge in [-0.1, -0.05) is 6.92 Å². The second-order valence-electron chi connectivity index (χ2n) is 5.75. The summed E-state index contributed by atoms with van der Waals surface area (Å²) in [5.74, 6) is -2.21. The highest BCUT2D eigenvalue weighted by Gasteiger charge is 2.13. The van der Waals surface area contributed by atoms with Crippen molar-refractivity contribution >= 4 is 34.8 Å². The summed E-state index contributed by atoms with van der Waals surface area (Å²) in [4.78, 5) is 36.3. The molecule has 2 aromatic heterocycles. The number of carbonyl (C=O) groups is 3. The summed E-state index contributed by atoms with van der Waals surface area (Å²) in [6.45, 7) is 4.71. The zero-order valence-corrected chi connectivity index (χ0v) is 15.2. The van der Waals surface area contributed by atoms with Crippen LogP contribution in [0, 0.1) is 6.92 Å². The summed E-state index contributed by atoms with van der Waals surface area (Å²) in [5, 5.41) is 17.6. The van der Waals surface area contributed by atoms with E-state index in [0.717, 1.165) is 35.4 Å². The smallest absolute Gasteiger partial charge is 0.414 e. The summed E-state index contributed by atoms with van der Waals surface area (Å²) in [7, 11) is 4.08. The fourth-order valence-corrected chi connectivity index (χ4v) is 2.07. The Hall–Kier alpha value is -2.94. The van der Waals surface area contributed by atoms with Crippen LogP contribution in [0.3, 0.4) is 0 Å². The van der Waals surface area contributed by atoms with Crippen molar-refractivity contribution in [2.24, 2.45) is 0 Å². The summed E-state index contributed by atoms with van der Waals surface area (Å²) < 4.78 is 5.72. The van der Waals surface area contributed by atoms with Crippen molar-refractivity contribution in [2.45, 2.75) is 26.7 Å². The summed E-state index contributed by atoms with van der Waals surface area (Å²) >= 11 is 0. The normalized spacial score (nSPS) is 10.3. The van der Waals surface area contributed by atoms with Crippen LogP contribution in [-0.4, -0.2) is 58.6 Å². The predicted molar refractivity (Wildman–Crippen MR) is 95.2 cm³/mol. The third-order valence-electron chi connectivity index (χ3n) is 3.41. The Bertz CT molecular complexity index is 785. The molecule has 0 radical (unpaired) electrons. The van der Waals surface area contributed by atoms with Gasteiger partial charge in [0.25, 0.3) is 0 Å². The third kappa shape index (κ3) is 6.17. The van der Waals surface area contributed by atoms with Crippen LogP contribution in [0.25, 0.3) is 11.1 Å². The molecule has 26 heavy (non-hydrogen) atoms. The number of fused-ring (bicyclic) bond motifs is 1. The standard InChI is InChI=1S/C15H21N3O2.C2H2O4/c1-5-14(19)16-13-7-6-12-15(17-13)11(10(2)20-12)8-9-18(3)4;3-1(4)2(5)6/h6-7H,5,8-9H2,1-4H3,(H,16,17,19);(H,3,4)(H,5,6). The molecule has 0 aliphatic carbocycles. The van der Waals surface area contributed by atoms with Crippen molar-refractivity contribution in [3.05, 3.63) is 23.5 Å². The summed E-state index contributed by atoms with van der Waals surface area (Å²) in [5.41, 5.74) is 2.73. The van der Waals surface area contributed by atoms with Crippen molar-refractivity contribution in [1.29, 1.82) is 0 Å². The molecule has 0 aromatic carbocycles. The number of aliphatic carboxylic acids is 2. The van der Waals surface area contributed by atoms with E-state index < -0.39 is 11.9 Å². The van der Waals surface area contributed by atoms with Gasteiger partial charge in [0, 0.05) is 18.5 Å². The Labute approximate surface area is 150 Å². The number of amides is 1. The number of nitrogens with zero attached hydrogens (tertiary/aromatic N) is 2. The number of rotatable bonds is 5. The van der Waals surface area contributed by atoms with Gasteiger partial charge >= 0.3 is 11.9 Å². The molecule has 0 bridgehead atoms. The Morgan fingerprint density at radius 1 is 1.19 bits per heavy atom. The van der Waals surface area contributed by atoms with Crippen LogP contribution in [0.5, 0.6) is 0 Å². The van der Waals surface area contributed by atoms with Gasteiger partial charge in [-0.3, -0.25) is 4.79 Å². The third-order valence-corrected chi connectivity index (χ3v) is 3.41. The lowest BCUT2D eigenvalue weighted by Crippen LogP contribution is -2.15. The molecule has 0 fully saturated rings. The number of carboxylic acids is 2. The molecule has 0 spiro atoms. The molecule has 0 aliphatic rings. The van der Waals surface area contributed by atoms with E-state index in [1.807, 2.05) is 34.0 Å². The maximum absolute atomic E-state index is 11.4. The van der Waals surface area contributed by atoms with Crippen LogP contribution in [0.4, 0.5) is 5.82 Å². The Morgan fingerprint density at radius 2 is 1.81 bits per heavy atom. The van der Waals surface area contributed by atoms with Gasteiger partial charge in [-0.05, 0) is 39.6 Å². The number of nitrogens with one attached hydrogen (secondary N) is 1. The van der Waals surface area contributed by atoms with Gasteiger partial charge in [0.1, 0.15) is 17.1 Å². The first-order chi connectivity index (χ1) is 12.1. The second kappa shape index (κ2) is 9.52. The van der Waals surface area contributed by atoms with Crippen molar-refractivity contribution in [3.8, 4) is 0 Å². The molecule has 0 saturated carbocycles. The zero-order valence-electron chi connectivity index (χ0n) is 15.2. The average molecular weight is 365 g/mol. The van der Waals surface area contributed by atoms with Gasteiger partial charge in [-0.25, -0.2) is 14.6 Å². The molecule has 0 aliphatic heterocycles. The maximum Gasteiger partial charge on any atom is 0.414 e. The number of aromatic nitrogens is 1. The molecule has 0 atom stereocenters. The maximum atomic E-state index is 11.4. The Morgan fingerprint density at radius 3 is 2.31 bits per heavy atom. The number of carboxylic acid groups (broad SMARTS) is 2. The number of aryl methyl sites for hydroxylation is 1. The quantitative estimate of drug-likeness (QED) is 0.683. The molecule has 9 heteroatoms. The van der Waals surface area contributed by atoms with Gasteiger partial charge in [-0.2, -0.15) is 0 Å². The number of furan rings is 1. The largest absolute Gasteiger partial charge is 0.473 e. The molecular formula is C17H23N3O6. The molecule has 3 N–H and O–H groups in total.